The normalized spacial score (nSPS) is 12.5. The van der Waals surface area contributed by atoms with E-state index in [1.165, 1.54) is 11.1 Å². The third kappa shape index (κ3) is 4.78. The number of hydrogen-bond acceptors (Lipinski definition) is 2. The molecule has 0 aliphatic rings. The van der Waals surface area contributed by atoms with Crippen LogP contribution in [0.3, 0.4) is 0 Å². The topological polar surface area (TPSA) is 35.2 Å². The smallest absolute Gasteiger partial charge is 0.122 e. The molecule has 0 heterocycles. The van der Waals surface area contributed by atoms with Crippen LogP contribution in [0.25, 0.3) is 0 Å². The van der Waals surface area contributed by atoms with Gasteiger partial charge in [-0.05, 0) is 43.4 Å². The summed E-state index contributed by atoms with van der Waals surface area (Å²) in [7, 11) is 0. The predicted octanol–water partition coefficient (Wildman–Crippen LogP) is 3.32. The molecule has 2 N–H and O–H groups in total. The quantitative estimate of drug-likeness (QED) is 0.787. The van der Waals surface area contributed by atoms with E-state index in [1.54, 1.807) is 0 Å². The van der Waals surface area contributed by atoms with E-state index in [-0.39, 0.29) is 6.04 Å². The van der Waals surface area contributed by atoms with Crippen molar-refractivity contribution in [3.8, 4) is 5.75 Å². The van der Waals surface area contributed by atoms with Gasteiger partial charge in [-0.3, -0.25) is 0 Å². The molecule has 0 saturated heterocycles. The maximum Gasteiger partial charge on any atom is 0.122 e. The first-order valence-corrected chi connectivity index (χ1v) is 6.67. The van der Waals surface area contributed by atoms with Gasteiger partial charge in [0.1, 0.15) is 5.75 Å². The van der Waals surface area contributed by atoms with Crippen molar-refractivity contribution in [1.29, 1.82) is 0 Å². The van der Waals surface area contributed by atoms with Gasteiger partial charge in [-0.25, -0.2) is 0 Å². The molecule has 0 bridgehead atoms. The summed E-state index contributed by atoms with van der Waals surface area (Å²) in [4.78, 5) is 0. The third-order valence-electron chi connectivity index (χ3n) is 2.66. The number of rotatable bonds is 7. The van der Waals surface area contributed by atoms with Crippen LogP contribution in [-0.2, 0) is 12.8 Å². The van der Waals surface area contributed by atoms with Crippen molar-refractivity contribution in [1.82, 2.24) is 0 Å². The van der Waals surface area contributed by atoms with Crippen molar-refractivity contribution in [2.45, 2.75) is 52.5 Å². The second kappa shape index (κ2) is 7.33. The zero-order valence-corrected chi connectivity index (χ0v) is 11.3. The Balaban J connectivity index is 2.83. The molecular formula is C15H25NO. The lowest BCUT2D eigenvalue weighted by Crippen LogP contribution is -2.17. The van der Waals surface area contributed by atoms with E-state index in [0.29, 0.717) is 0 Å². The van der Waals surface area contributed by atoms with Gasteiger partial charge in [-0.1, -0.05) is 32.4 Å². The van der Waals surface area contributed by atoms with Gasteiger partial charge in [-0.2, -0.15) is 0 Å². The van der Waals surface area contributed by atoms with Gasteiger partial charge in [0.05, 0.1) is 6.61 Å². The van der Waals surface area contributed by atoms with Crippen molar-refractivity contribution in [2.75, 3.05) is 6.61 Å². The standard InChI is InChI=1S/C15H25NO/c1-4-6-14-11-13(10-12(3)16)7-8-15(14)17-9-5-2/h7-8,11-12H,4-6,9-10,16H2,1-3H3. The lowest BCUT2D eigenvalue weighted by atomic mass is 10.0. The number of aryl methyl sites for hydroxylation is 1. The highest BCUT2D eigenvalue weighted by atomic mass is 16.5. The Hall–Kier alpha value is -1.02. The maximum absolute atomic E-state index is 5.84. The van der Waals surface area contributed by atoms with Gasteiger partial charge in [0.15, 0.2) is 0 Å². The van der Waals surface area contributed by atoms with E-state index >= 15 is 0 Å². The fourth-order valence-electron chi connectivity index (χ4n) is 1.95. The summed E-state index contributed by atoms with van der Waals surface area (Å²) in [6, 6.07) is 6.69. The highest BCUT2D eigenvalue weighted by Crippen LogP contribution is 2.22. The van der Waals surface area contributed by atoms with E-state index in [4.69, 9.17) is 10.5 Å². The van der Waals surface area contributed by atoms with E-state index < -0.39 is 0 Å². The highest BCUT2D eigenvalue weighted by Gasteiger charge is 2.06. The van der Waals surface area contributed by atoms with Crippen molar-refractivity contribution < 1.29 is 4.74 Å². The van der Waals surface area contributed by atoms with Crippen LogP contribution in [-0.4, -0.2) is 12.6 Å². The van der Waals surface area contributed by atoms with Crippen LogP contribution in [0.15, 0.2) is 18.2 Å². The summed E-state index contributed by atoms with van der Waals surface area (Å²) in [6.07, 6.45) is 4.20. The molecule has 1 unspecified atom stereocenters. The second-order valence-corrected chi connectivity index (χ2v) is 4.72. The maximum atomic E-state index is 5.84. The Morgan fingerprint density at radius 1 is 1.24 bits per heavy atom. The van der Waals surface area contributed by atoms with Gasteiger partial charge >= 0.3 is 0 Å². The molecule has 1 aromatic rings. The van der Waals surface area contributed by atoms with Gasteiger partial charge in [0, 0.05) is 6.04 Å². The first-order chi connectivity index (χ1) is 8.17. The fourth-order valence-corrected chi connectivity index (χ4v) is 1.95. The lowest BCUT2D eigenvalue weighted by molar-refractivity contribution is 0.314. The summed E-state index contributed by atoms with van der Waals surface area (Å²) < 4.78 is 5.77. The van der Waals surface area contributed by atoms with Crippen LogP contribution >= 0.6 is 0 Å². The fraction of sp³-hybridized carbons (Fsp3) is 0.600. The van der Waals surface area contributed by atoms with Crippen molar-refractivity contribution in [3.05, 3.63) is 29.3 Å². The van der Waals surface area contributed by atoms with Gasteiger partial charge in [0.25, 0.3) is 0 Å². The number of benzene rings is 1. The van der Waals surface area contributed by atoms with Crippen molar-refractivity contribution in [2.24, 2.45) is 5.73 Å². The average Bonchev–Trinajstić information content (AvgIpc) is 2.28. The largest absolute Gasteiger partial charge is 0.493 e. The Morgan fingerprint density at radius 3 is 2.59 bits per heavy atom. The van der Waals surface area contributed by atoms with Crippen molar-refractivity contribution in [3.63, 3.8) is 0 Å². The molecule has 0 aliphatic heterocycles. The minimum atomic E-state index is 0.215. The Morgan fingerprint density at radius 2 is 2.00 bits per heavy atom. The summed E-state index contributed by atoms with van der Waals surface area (Å²) in [5.41, 5.74) is 8.47. The molecule has 96 valence electrons. The average molecular weight is 235 g/mol. The zero-order chi connectivity index (χ0) is 12.7. The SMILES string of the molecule is CCCOc1ccc(CC(C)N)cc1CCC. The van der Waals surface area contributed by atoms with E-state index in [2.05, 4.69) is 32.0 Å². The molecule has 1 rings (SSSR count). The molecule has 0 radical (unpaired) electrons. The number of nitrogens with two attached hydrogens (primary N) is 1. The molecule has 0 saturated carbocycles. The van der Waals surface area contributed by atoms with E-state index in [1.807, 2.05) is 6.92 Å². The molecule has 2 nitrogen and oxygen atoms in total. The van der Waals surface area contributed by atoms with Crippen LogP contribution in [0.1, 0.15) is 44.7 Å². The summed E-state index contributed by atoms with van der Waals surface area (Å²) in [5.74, 6) is 1.04. The monoisotopic (exact) mass is 235 g/mol. The van der Waals surface area contributed by atoms with Crippen LogP contribution < -0.4 is 10.5 Å². The van der Waals surface area contributed by atoms with E-state index in [0.717, 1.165) is 38.0 Å². The van der Waals surface area contributed by atoms with Crippen molar-refractivity contribution >= 4 is 0 Å². The summed E-state index contributed by atoms with van der Waals surface area (Å²) >= 11 is 0. The number of hydrogen-bond donors (Lipinski definition) is 1. The van der Waals surface area contributed by atoms with Gasteiger partial charge < -0.3 is 10.5 Å². The van der Waals surface area contributed by atoms with Crippen LogP contribution in [0.5, 0.6) is 5.75 Å². The first kappa shape index (κ1) is 14.0. The molecule has 0 aliphatic carbocycles. The molecule has 0 spiro atoms. The molecule has 1 aromatic carbocycles. The number of ether oxygens (including phenoxy) is 1. The third-order valence-corrected chi connectivity index (χ3v) is 2.66. The minimum Gasteiger partial charge on any atom is -0.493 e. The Kier molecular flexibility index (Phi) is 6.06. The molecule has 17 heavy (non-hydrogen) atoms. The summed E-state index contributed by atoms with van der Waals surface area (Å²) in [5, 5.41) is 0. The van der Waals surface area contributed by atoms with Gasteiger partial charge in [-0.15, -0.1) is 0 Å². The lowest BCUT2D eigenvalue weighted by Gasteiger charge is -2.13. The molecular weight excluding hydrogens is 210 g/mol. The minimum absolute atomic E-state index is 0.215. The molecule has 0 fully saturated rings. The highest BCUT2D eigenvalue weighted by molar-refractivity contribution is 5.37. The molecule has 2 heteroatoms. The molecule has 1 atom stereocenters. The van der Waals surface area contributed by atoms with Crippen LogP contribution in [0.4, 0.5) is 0 Å². The van der Waals surface area contributed by atoms with E-state index in [9.17, 15) is 0 Å². The Labute approximate surface area is 105 Å². The second-order valence-electron chi connectivity index (χ2n) is 4.72. The van der Waals surface area contributed by atoms with Crippen LogP contribution in [0.2, 0.25) is 0 Å². The van der Waals surface area contributed by atoms with Gasteiger partial charge in [0.2, 0.25) is 0 Å². The summed E-state index contributed by atoms with van der Waals surface area (Å²) in [6.45, 7) is 7.16. The first-order valence-electron chi connectivity index (χ1n) is 6.67. The Bertz CT molecular complexity index is 334. The molecule has 0 amide bonds. The van der Waals surface area contributed by atoms with Crippen LogP contribution in [0, 0.1) is 0 Å². The zero-order valence-electron chi connectivity index (χ0n) is 11.3. The predicted molar refractivity (Wildman–Crippen MR) is 73.6 cm³/mol. The molecule has 0 aromatic heterocycles.